The molecule has 0 atom stereocenters. The highest BCUT2D eigenvalue weighted by Crippen LogP contribution is 2.47. The molecule has 0 spiro atoms. The van der Waals surface area contributed by atoms with Crippen LogP contribution in [0.2, 0.25) is 0 Å². The van der Waals surface area contributed by atoms with Gasteiger partial charge < -0.3 is 10.6 Å². The zero-order valence-electron chi connectivity index (χ0n) is 15.7. The van der Waals surface area contributed by atoms with Crippen LogP contribution in [-0.2, 0) is 9.59 Å². The highest BCUT2D eigenvalue weighted by molar-refractivity contribution is 6.13. The van der Waals surface area contributed by atoms with E-state index in [-0.39, 0.29) is 17.9 Å². The standard InChI is InChI=1S/C20H30N2O2/c1-12(2)15-8-7-9-16(13(3)4)17(15)22-19(24)20(10-11-20)18(23)21-14(5)6/h7-9,12-14H,10-11H2,1-6H3,(H,21,23)(H,22,24). The predicted octanol–water partition coefficient (Wildman–Crippen LogP) is 4.18. The summed E-state index contributed by atoms with van der Waals surface area (Å²) in [6, 6.07) is 6.19. The van der Waals surface area contributed by atoms with Crippen LogP contribution in [0.4, 0.5) is 5.69 Å². The number of benzene rings is 1. The van der Waals surface area contributed by atoms with E-state index in [0.717, 1.165) is 16.8 Å². The number of anilines is 1. The molecule has 0 unspecified atom stereocenters. The molecule has 0 bridgehead atoms. The van der Waals surface area contributed by atoms with E-state index in [1.54, 1.807) is 0 Å². The van der Waals surface area contributed by atoms with E-state index in [1.165, 1.54) is 0 Å². The van der Waals surface area contributed by atoms with Gasteiger partial charge in [0.2, 0.25) is 11.8 Å². The van der Waals surface area contributed by atoms with Crippen molar-refractivity contribution < 1.29 is 9.59 Å². The molecule has 2 rings (SSSR count). The highest BCUT2D eigenvalue weighted by Gasteiger charge is 2.56. The first-order valence-electron chi connectivity index (χ1n) is 8.94. The average Bonchev–Trinajstić information content (AvgIpc) is 3.27. The van der Waals surface area contributed by atoms with E-state index < -0.39 is 5.41 Å². The topological polar surface area (TPSA) is 58.2 Å². The van der Waals surface area contributed by atoms with Gasteiger partial charge in [0, 0.05) is 11.7 Å². The first-order valence-corrected chi connectivity index (χ1v) is 8.94. The normalized spacial score (nSPS) is 15.7. The molecule has 2 amide bonds. The van der Waals surface area contributed by atoms with Gasteiger partial charge in [0.25, 0.3) is 0 Å². The Bertz CT molecular complexity index is 602. The largest absolute Gasteiger partial charge is 0.353 e. The maximum atomic E-state index is 12.9. The summed E-state index contributed by atoms with van der Waals surface area (Å²) in [6.45, 7) is 12.3. The van der Waals surface area contributed by atoms with Crippen molar-refractivity contribution in [3.05, 3.63) is 29.3 Å². The third-order valence-corrected chi connectivity index (χ3v) is 4.65. The number of rotatable bonds is 6. The summed E-state index contributed by atoms with van der Waals surface area (Å²) >= 11 is 0. The lowest BCUT2D eigenvalue weighted by Gasteiger charge is -2.23. The van der Waals surface area contributed by atoms with Crippen LogP contribution in [0.1, 0.15) is 77.3 Å². The van der Waals surface area contributed by atoms with Crippen LogP contribution in [0.5, 0.6) is 0 Å². The summed E-state index contributed by atoms with van der Waals surface area (Å²) in [4.78, 5) is 25.3. The Hall–Kier alpha value is -1.84. The van der Waals surface area contributed by atoms with Gasteiger partial charge in [-0.05, 0) is 49.7 Å². The van der Waals surface area contributed by atoms with Gasteiger partial charge >= 0.3 is 0 Å². The van der Waals surface area contributed by atoms with Gasteiger partial charge in [-0.25, -0.2) is 0 Å². The Morgan fingerprint density at radius 1 is 0.917 bits per heavy atom. The molecule has 1 aliphatic rings. The Labute approximate surface area is 145 Å². The van der Waals surface area contributed by atoms with Crippen molar-refractivity contribution >= 4 is 17.5 Å². The first-order chi connectivity index (χ1) is 11.2. The minimum atomic E-state index is -0.886. The fourth-order valence-corrected chi connectivity index (χ4v) is 3.01. The summed E-state index contributed by atoms with van der Waals surface area (Å²) in [5.41, 5.74) is 2.24. The Morgan fingerprint density at radius 2 is 1.42 bits per heavy atom. The lowest BCUT2D eigenvalue weighted by atomic mass is 9.92. The quantitative estimate of drug-likeness (QED) is 0.769. The second kappa shape index (κ2) is 6.96. The van der Waals surface area contributed by atoms with E-state index in [1.807, 2.05) is 19.9 Å². The average molecular weight is 330 g/mol. The fraction of sp³-hybridized carbons (Fsp3) is 0.600. The van der Waals surface area contributed by atoms with Crippen LogP contribution in [0.25, 0.3) is 0 Å². The molecular formula is C20H30N2O2. The third kappa shape index (κ3) is 3.63. The molecule has 1 aromatic carbocycles. The van der Waals surface area contributed by atoms with Crippen molar-refractivity contribution in [1.82, 2.24) is 5.32 Å². The van der Waals surface area contributed by atoms with Crippen molar-refractivity contribution in [3.63, 3.8) is 0 Å². The predicted molar refractivity (Wildman–Crippen MR) is 98.2 cm³/mol. The van der Waals surface area contributed by atoms with Gasteiger partial charge in [-0.15, -0.1) is 0 Å². The summed E-state index contributed by atoms with van der Waals surface area (Å²) in [5, 5.41) is 5.99. The van der Waals surface area contributed by atoms with Gasteiger partial charge in [0.15, 0.2) is 0 Å². The molecular weight excluding hydrogens is 300 g/mol. The molecule has 1 aliphatic carbocycles. The number of carbonyl (C=O) groups excluding carboxylic acids is 2. The van der Waals surface area contributed by atoms with Gasteiger partial charge in [0.05, 0.1) is 0 Å². The second-order valence-electron chi connectivity index (χ2n) is 7.79. The van der Waals surface area contributed by atoms with Crippen molar-refractivity contribution in [2.75, 3.05) is 5.32 Å². The van der Waals surface area contributed by atoms with Crippen LogP contribution in [-0.4, -0.2) is 17.9 Å². The fourth-order valence-electron chi connectivity index (χ4n) is 3.01. The summed E-state index contributed by atoms with van der Waals surface area (Å²) in [7, 11) is 0. The third-order valence-electron chi connectivity index (χ3n) is 4.65. The van der Waals surface area contributed by atoms with E-state index in [2.05, 4.69) is 50.5 Å². The monoisotopic (exact) mass is 330 g/mol. The molecule has 1 fully saturated rings. The zero-order chi connectivity index (χ0) is 18.1. The SMILES string of the molecule is CC(C)NC(=O)C1(C(=O)Nc2c(C(C)C)cccc2C(C)C)CC1. The number of nitrogens with one attached hydrogen (secondary N) is 2. The van der Waals surface area contributed by atoms with Gasteiger partial charge in [-0.3, -0.25) is 9.59 Å². The van der Waals surface area contributed by atoms with E-state index >= 15 is 0 Å². The maximum absolute atomic E-state index is 12.9. The van der Waals surface area contributed by atoms with Gasteiger partial charge in [-0.2, -0.15) is 0 Å². The van der Waals surface area contributed by atoms with E-state index in [0.29, 0.717) is 24.7 Å². The molecule has 0 heterocycles. The number of amides is 2. The van der Waals surface area contributed by atoms with Crippen LogP contribution in [0.3, 0.4) is 0 Å². The molecule has 0 saturated heterocycles. The summed E-state index contributed by atoms with van der Waals surface area (Å²) in [5.74, 6) is 0.288. The zero-order valence-corrected chi connectivity index (χ0v) is 15.7. The molecule has 132 valence electrons. The lowest BCUT2D eigenvalue weighted by molar-refractivity contribution is -0.134. The van der Waals surface area contributed by atoms with Crippen LogP contribution >= 0.6 is 0 Å². The number of hydrogen-bond acceptors (Lipinski definition) is 2. The molecule has 24 heavy (non-hydrogen) atoms. The Morgan fingerprint density at radius 3 is 1.79 bits per heavy atom. The lowest BCUT2D eigenvalue weighted by Crippen LogP contribution is -2.42. The molecule has 2 N–H and O–H groups in total. The van der Waals surface area contributed by atoms with Gasteiger partial charge in [-0.1, -0.05) is 45.9 Å². The highest BCUT2D eigenvalue weighted by atomic mass is 16.2. The maximum Gasteiger partial charge on any atom is 0.240 e. The second-order valence-corrected chi connectivity index (χ2v) is 7.79. The molecule has 0 aliphatic heterocycles. The van der Waals surface area contributed by atoms with Crippen molar-refractivity contribution in [1.29, 1.82) is 0 Å². The van der Waals surface area contributed by atoms with Crippen molar-refractivity contribution in [3.8, 4) is 0 Å². The van der Waals surface area contributed by atoms with Crippen LogP contribution in [0, 0.1) is 5.41 Å². The molecule has 0 aromatic heterocycles. The molecule has 4 nitrogen and oxygen atoms in total. The smallest absolute Gasteiger partial charge is 0.240 e. The number of hydrogen-bond donors (Lipinski definition) is 2. The van der Waals surface area contributed by atoms with E-state index in [4.69, 9.17) is 0 Å². The minimum Gasteiger partial charge on any atom is -0.353 e. The minimum absolute atomic E-state index is 0.0388. The first kappa shape index (κ1) is 18.5. The molecule has 1 aromatic rings. The Kier molecular flexibility index (Phi) is 5.36. The van der Waals surface area contributed by atoms with Crippen LogP contribution < -0.4 is 10.6 Å². The van der Waals surface area contributed by atoms with Gasteiger partial charge in [0.1, 0.15) is 5.41 Å². The summed E-state index contributed by atoms with van der Waals surface area (Å²) in [6.07, 6.45) is 1.25. The van der Waals surface area contributed by atoms with Crippen LogP contribution in [0.15, 0.2) is 18.2 Å². The van der Waals surface area contributed by atoms with E-state index in [9.17, 15) is 9.59 Å². The molecule has 1 saturated carbocycles. The van der Waals surface area contributed by atoms with Crippen molar-refractivity contribution in [2.45, 2.75) is 72.3 Å². The number of para-hydroxylation sites is 1. The Balaban J connectivity index is 2.31. The molecule has 4 heteroatoms. The molecule has 0 radical (unpaired) electrons. The summed E-state index contributed by atoms with van der Waals surface area (Å²) < 4.78 is 0. The van der Waals surface area contributed by atoms with Crippen molar-refractivity contribution in [2.24, 2.45) is 5.41 Å². The number of carbonyl (C=O) groups is 2.